The predicted octanol–water partition coefficient (Wildman–Crippen LogP) is 2.56. The number of aliphatic hydroxyl groups is 1. The normalized spacial score (nSPS) is 16.5. The minimum absolute atomic E-state index is 0.478. The molecule has 1 N–H and O–H groups in total. The van der Waals surface area contributed by atoms with Crippen molar-refractivity contribution in [2.75, 3.05) is 51.8 Å². The lowest BCUT2D eigenvalue weighted by Gasteiger charge is -2.37. The van der Waals surface area contributed by atoms with E-state index in [-0.39, 0.29) is 0 Å². The number of anilines is 1. The van der Waals surface area contributed by atoms with Crippen LogP contribution in [0.25, 0.3) is 0 Å². The summed E-state index contributed by atoms with van der Waals surface area (Å²) in [6.07, 6.45) is -0.478. The highest BCUT2D eigenvalue weighted by Gasteiger charge is 2.20. The van der Waals surface area contributed by atoms with Crippen LogP contribution in [0.2, 0.25) is 0 Å². The van der Waals surface area contributed by atoms with Gasteiger partial charge in [-0.25, -0.2) is 0 Å². The molecule has 134 valence electrons. The van der Waals surface area contributed by atoms with E-state index in [0.29, 0.717) is 6.54 Å². The van der Waals surface area contributed by atoms with E-state index < -0.39 is 6.10 Å². The summed E-state index contributed by atoms with van der Waals surface area (Å²) in [4.78, 5) is 4.67. The summed E-state index contributed by atoms with van der Waals surface area (Å²) in [6.45, 7) is 4.41. The second-order valence-corrected chi connectivity index (χ2v) is 6.28. The highest BCUT2D eigenvalue weighted by atomic mass is 16.5. The molecule has 1 fully saturated rings. The smallest absolute Gasteiger partial charge is 0.120 e. The number of hydrogen-bond acceptors (Lipinski definition) is 5. The van der Waals surface area contributed by atoms with Gasteiger partial charge >= 0.3 is 0 Å². The highest BCUT2D eigenvalue weighted by molar-refractivity contribution is 5.51. The molecule has 0 radical (unpaired) electrons. The molecule has 1 aliphatic heterocycles. The highest BCUT2D eigenvalue weighted by Crippen LogP contribution is 2.23. The maximum absolute atomic E-state index is 10.5. The van der Waals surface area contributed by atoms with Crippen LogP contribution in [0.1, 0.15) is 11.7 Å². The fraction of sp³-hybridized carbons (Fsp3) is 0.400. The Morgan fingerprint density at radius 1 is 0.920 bits per heavy atom. The summed E-state index contributed by atoms with van der Waals surface area (Å²) < 4.78 is 10.5. The van der Waals surface area contributed by atoms with Gasteiger partial charge in [-0.2, -0.15) is 0 Å². The standard InChI is InChI=1S/C20H26N2O3/c1-24-18-8-6-16(7-9-18)20(23)15-21-10-12-22(13-11-21)17-4-3-5-19(14-17)25-2/h3-9,14,20,23H,10-13,15H2,1-2H3/t20-/m1/s1. The molecular weight excluding hydrogens is 316 g/mol. The first-order valence-electron chi connectivity index (χ1n) is 8.63. The van der Waals surface area contributed by atoms with Crippen molar-refractivity contribution < 1.29 is 14.6 Å². The van der Waals surface area contributed by atoms with Gasteiger partial charge in [-0.3, -0.25) is 4.90 Å². The summed E-state index contributed by atoms with van der Waals surface area (Å²) in [5.74, 6) is 1.69. The van der Waals surface area contributed by atoms with E-state index in [4.69, 9.17) is 9.47 Å². The monoisotopic (exact) mass is 342 g/mol. The van der Waals surface area contributed by atoms with E-state index in [2.05, 4.69) is 21.9 Å². The fourth-order valence-electron chi connectivity index (χ4n) is 3.17. The van der Waals surface area contributed by atoms with Gasteiger partial charge in [0.25, 0.3) is 0 Å². The quantitative estimate of drug-likeness (QED) is 0.874. The van der Waals surface area contributed by atoms with Crippen molar-refractivity contribution in [2.24, 2.45) is 0 Å². The van der Waals surface area contributed by atoms with Crippen molar-refractivity contribution in [3.63, 3.8) is 0 Å². The molecule has 0 spiro atoms. The summed E-state index contributed by atoms with van der Waals surface area (Å²) in [5, 5.41) is 10.5. The zero-order chi connectivity index (χ0) is 17.6. The summed E-state index contributed by atoms with van der Waals surface area (Å²) in [7, 11) is 3.34. The molecule has 0 saturated carbocycles. The zero-order valence-corrected chi connectivity index (χ0v) is 14.9. The van der Waals surface area contributed by atoms with Crippen LogP contribution >= 0.6 is 0 Å². The van der Waals surface area contributed by atoms with E-state index >= 15 is 0 Å². The van der Waals surface area contributed by atoms with E-state index in [1.165, 1.54) is 5.69 Å². The maximum Gasteiger partial charge on any atom is 0.120 e. The summed E-state index contributed by atoms with van der Waals surface area (Å²) in [6, 6.07) is 15.8. The van der Waals surface area contributed by atoms with Crippen molar-refractivity contribution in [3.05, 3.63) is 54.1 Å². The van der Waals surface area contributed by atoms with Crippen LogP contribution in [-0.2, 0) is 0 Å². The molecule has 0 aromatic heterocycles. The number of hydrogen-bond donors (Lipinski definition) is 1. The fourth-order valence-corrected chi connectivity index (χ4v) is 3.17. The number of β-amino-alcohol motifs (C(OH)–C–C–N with tert-alkyl or cyclic N) is 1. The molecule has 0 bridgehead atoms. The maximum atomic E-state index is 10.5. The van der Waals surface area contributed by atoms with Crippen LogP contribution in [0.4, 0.5) is 5.69 Å². The van der Waals surface area contributed by atoms with Crippen LogP contribution < -0.4 is 14.4 Å². The van der Waals surface area contributed by atoms with Crippen LogP contribution in [0, 0.1) is 0 Å². The molecule has 1 saturated heterocycles. The molecule has 2 aromatic carbocycles. The molecule has 1 atom stereocenters. The van der Waals surface area contributed by atoms with Gasteiger partial charge in [0.15, 0.2) is 0 Å². The molecule has 25 heavy (non-hydrogen) atoms. The van der Waals surface area contributed by atoms with Gasteiger partial charge in [-0.15, -0.1) is 0 Å². The minimum atomic E-state index is -0.478. The van der Waals surface area contributed by atoms with Crippen LogP contribution in [0.3, 0.4) is 0 Å². The van der Waals surface area contributed by atoms with Crippen molar-refractivity contribution in [1.29, 1.82) is 0 Å². The first-order valence-corrected chi connectivity index (χ1v) is 8.63. The molecule has 0 amide bonds. The van der Waals surface area contributed by atoms with E-state index in [1.54, 1.807) is 14.2 Å². The molecule has 5 nitrogen and oxygen atoms in total. The number of rotatable bonds is 6. The largest absolute Gasteiger partial charge is 0.497 e. The van der Waals surface area contributed by atoms with Crippen molar-refractivity contribution >= 4 is 5.69 Å². The molecule has 0 unspecified atom stereocenters. The average molecular weight is 342 g/mol. The molecule has 0 aliphatic carbocycles. The Morgan fingerprint density at radius 2 is 1.60 bits per heavy atom. The van der Waals surface area contributed by atoms with Gasteiger partial charge in [-0.1, -0.05) is 18.2 Å². The summed E-state index contributed by atoms with van der Waals surface area (Å²) in [5.41, 5.74) is 2.12. The molecule has 5 heteroatoms. The number of ether oxygens (including phenoxy) is 2. The Hall–Kier alpha value is -2.24. The second kappa shape index (κ2) is 8.23. The van der Waals surface area contributed by atoms with Crippen molar-refractivity contribution in [2.45, 2.75) is 6.10 Å². The van der Waals surface area contributed by atoms with Gasteiger partial charge < -0.3 is 19.5 Å². The SMILES string of the molecule is COc1ccc([C@H](O)CN2CCN(c3cccc(OC)c3)CC2)cc1. The third-order valence-electron chi connectivity index (χ3n) is 4.72. The number of piperazine rings is 1. The van der Waals surface area contributed by atoms with E-state index in [0.717, 1.165) is 43.2 Å². The summed E-state index contributed by atoms with van der Waals surface area (Å²) >= 11 is 0. The average Bonchev–Trinajstić information content (AvgIpc) is 2.68. The van der Waals surface area contributed by atoms with Gasteiger partial charge in [0.05, 0.1) is 20.3 Å². The lowest BCUT2D eigenvalue weighted by Crippen LogP contribution is -2.47. The Balaban J connectivity index is 1.53. The third-order valence-corrected chi connectivity index (χ3v) is 4.72. The van der Waals surface area contributed by atoms with Gasteiger partial charge in [0, 0.05) is 44.5 Å². The van der Waals surface area contributed by atoms with Crippen molar-refractivity contribution in [3.8, 4) is 11.5 Å². The number of aliphatic hydroxyl groups excluding tert-OH is 1. The molecular formula is C20H26N2O3. The number of nitrogens with zero attached hydrogens (tertiary/aromatic N) is 2. The predicted molar refractivity (Wildman–Crippen MR) is 99.6 cm³/mol. The lowest BCUT2D eigenvalue weighted by atomic mass is 10.1. The number of methoxy groups -OCH3 is 2. The number of benzene rings is 2. The lowest BCUT2D eigenvalue weighted by molar-refractivity contribution is 0.109. The van der Waals surface area contributed by atoms with Crippen LogP contribution in [-0.4, -0.2) is 56.9 Å². The van der Waals surface area contributed by atoms with Crippen LogP contribution in [0.15, 0.2) is 48.5 Å². The Labute approximate surface area is 149 Å². The Morgan fingerprint density at radius 3 is 2.24 bits per heavy atom. The molecule has 3 rings (SSSR count). The Kier molecular flexibility index (Phi) is 5.79. The second-order valence-electron chi connectivity index (χ2n) is 6.28. The van der Waals surface area contributed by atoms with Gasteiger partial charge in [0.2, 0.25) is 0 Å². The topological polar surface area (TPSA) is 45.2 Å². The van der Waals surface area contributed by atoms with E-state index in [9.17, 15) is 5.11 Å². The molecule has 2 aromatic rings. The van der Waals surface area contributed by atoms with Crippen LogP contribution in [0.5, 0.6) is 11.5 Å². The Bertz CT molecular complexity index is 667. The first kappa shape index (κ1) is 17.6. The zero-order valence-electron chi connectivity index (χ0n) is 14.9. The van der Waals surface area contributed by atoms with E-state index in [1.807, 2.05) is 36.4 Å². The molecule has 1 heterocycles. The van der Waals surface area contributed by atoms with Crippen molar-refractivity contribution in [1.82, 2.24) is 4.90 Å². The first-order chi connectivity index (χ1) is 12.2. The minimum Gasteiger partial charge on any atom is -0.497 e. The van der Waals surface area contributed by atoms with Gasteiger partial charge in [-0.05, 0) is 29.8 Å². The van der Waals surface area contributed by atoms with Gasteiger partial charge in [0.1, 0.15) is 11.5 Å². The molecule has 1 aliphatic rings. The third kappa shape index (κ3) is 4.44.